The second-order valence-corrected chi connectivity index (χ2v) is 2.75. The van der Waals surface area contributed by atoms with Crippen molar-refractivity contribution in [3.8, 4) is 0 Å². The average Bonchev–Trinajstić information content (AvgIpc) is 2.26. The Morgan fingerprint density at radius 2 is 1.75 bits per heavy atom. The van der Waals surface area contributed by atoms with Crippen molar-refractivity contribution in [3.05, 3.63) is 11.5 Å². The molecule has 0 aromatic heterocycles. The van der Waals surface area contributed by atoms with Crippen molar-refractivity contribution in [3.63, 3.8) is 0 Å². The summed E-state index contributed by atoms with van der Waals surface area (Å²) in [5, 5.41) is 0. The molecule has 0 bridgehead atoms. The van der Waals surface area contributed by atoms with Crippen LogP contribution in [-0.2, 0) is 19.0 Å². The highest BCUT2D eigenvalue weighted by Gasteiger charge is 2.44. The van der Waals surface area contributed by atoms with E-state index in [1.165, 1.54) is 14.0 Å². The molecule has 0 aliphatic carbocycles. The largest absolute Gasteiger partial charge is 0.463 e. The monoisotopic (exact) mass is 172 g/mol. The Morgan fingerprint density at radius 1 is 1.33 bits per heavy atom. The molecular weight excluding hydrogens is 160 g/mol. The number of hydrogen-bond donors (Lipinski definition) is 0. The first kappa shape index (κ1) is 8.90. The van der Waals surface area contributed by atoms with Crippen molar-refractivity contribution in [2.75, 3.05) is 7.11 Å². The summed E-state index contributed by atoms with van der Waals surface area (Å²) in [5.74, 6) is -0.590. The molecule has 0 aromatic carbocycles. The molecule has 4 heteroatoms. The van der Waals surface area contributed by atoms with Crippen molar-refractivity contribution in [2.24, 2.45) is 0 Å². The Kier molecular flexibility index (Phi) is 2.00. The number of allylic oxidation sites excluding steroid dienone is 2. The summed E-state index contributed by atoms with van der Waals surface area (Å²) in [6, 6.07) is 0. The minimum atomic E-state index is -1.29. The summed E-state index contributed by atoms with van der Waals surface area (Å²) in [6.45, 7) is 5.01. The van der Waals surface area contributed by atoms with Crippen LogP contribution in [0.1, 0.15) is 20.8 Å². The van der Waals surface area contributed by atoms with Gasteiger partial charge in [-0.15, -0.1) is 0 Å². The Balaban J connectivity index is 2.76. The van der Waals surface area contributed by atoms with Gasteiger partial charge in [-0.05, 0) is 13.8 Å². The molecule has 1 aliphatic rings. The topological polar surface area (TPSA) is 44.8 Å². The third-order valence-electron chi connectivity index (χ3n) is 1.75. The molecule has 4 nitrogen and oxygen atoms in total. The SMILES string of the molecule is COC(=O)C1(C)OC(C)=C(C)O1. The van der Waals surface area contributed by atoms with Crippen molar-refractivity contribution in [1.29, 1.82) is 0 Å². The minimum absolute atomic E-state index is 0.529. The number of rotatable bonds is 1. The van der Waals surface area contributed by atoms with Crippen LogP contribution in [0.2, 0.25) is 0 Å². The zero-order valence-electron chi connectivity index (χ0n) is 7.63. The van der Waals surface area contributed by atoms with Gasteiger partial charge in [0, 0.05) is 6.92 Å². The molecule has 12 heavy (non-hydrogen) atoms. The van der Waals surface area contributed by atoms with Gasteiger partial charge in [0.25, 0.3) is 0 Å². The van der Waals surface area contributed by atoms with Gasteiger partial charge in [-0.3, -0.25) is 0 Å². The van der Waals surface area contributed by atoms with Crippen LogP contribution in [-0.4, -0.2) is 18.9 Å². The maximum absolute atomic E-state index is 11.1. The fourth-order valence-corrected chi connectivity index (χ4v) is 1.02. The van der Waals surface area contributed by atoms with Crippen LogP contribution in [0.5, 0.6) is 0 Å². The van der Waals surface area contributed by atoms with Gasteiger partial charge < -0.3 is 14.2 Å². The van der Waals surface area contributed by atoms with Gasteiger partial charge >= 0.3 is 11.8 Å². The van der Waals surface area contributed by atoms with Gasteiger partial charge in [0.15, 0.2) is 0 Å². The lowest BCUT2D eigenvalue weighted by molar-refractivity contribution is -0.196. The van der Waals surface area contributed by atoms with Crippen molar-refractivity contribution >= 4 is 5.97 Å². The van der Waals surface area contributed by atoms with Gasteiger partial charge in [-0.25, -0.2) is 4.79 Å². The highest BCUT2D eigenvalue weighted by molar-refractivity contribution is 5.78. The van der Waals surface area contributed by atoms with E-state index >= 15 is 0 Å². The lowest BCUT2D eigenvalue weighted by Gasteiger charge is -2.20. The quantitative estimate of drug-likeness (QED) is 0.557. The first-order chi connectivity index (χ1) is 5.49. The highest BCUT2D eigenvalue weighted by atomic mass is 16.8. The average molecular weight is 172 g/mol. The molecule has 0 fully saturated rings. The second kappa shape index (κ2) is 2.69. The van der Waals surface area contributed by atoms with Crippen LogP contribution in [0.15, 0.2) is 11.5 Å². The van der Waals surface area contributed by atoms with Gasteiger partial charge in [0.05, 0.1) is 7.11 Å². The fraction of sp³-hybridized carbons (Fsp3) is 0.625. The molecule has 1 rings (SSSR count). The Morgan fingerprint density at radius 3 is 2.08 bits per heavy atom. The number of hydrogen-bond acceptors (Lipinski definition) is 4. The molecule has 0 atom stereocenters. The maximum Gasteiger partial charge on any atom is 0.392 e. The molecule has 1 aliphatic heterocycles. The third kappa shape index (κ3) is 1.24. The Hall–Kier alpha value is -1.19. The predicted molar refractivity (Wildman–Crippen MR) is 41.0 cm³/mol. The van der Waals surface area contributed by atoms with E-state index in [1.807, 2.05) is 0 Å². The summed E-state index contributed by atoms with van der Waals surface area (Å²) >= 11 is 0. The second-order valence-electron chi connectivity index (χ2n) is 2.75. The highest BCUT2D eigenvalue weighted by Crippen LogP contribution is 2.30. The minimum Gasteiger partial charge on any atom is -0.463 e. The standard InChI is InChI=1S/C8H12O4/c1-5-6(2)12-8(3,11-5)7(9)10-4/h1-4H3. The maximum atomic E-state index is 11.1. The van der Waals surface area contributed by atoms with E-state index in [-0.39, 0.29) is 0 Å². The molecular formula is C8H12O4. The summed E-state index contributed by atoms with van der Waals surface area (Å²) in [7, 11) is 1.29. The molecule has 0 saturated heterocycles. The number of methoxy groups -OCH3 is 1. The fourth-order valence-electron chi connectivity index (χ4n) is 1.02. The molecule has 0 saturated carbocycles. The van der Waals surface area contributed by atoms with E-state index in [1.54, 1.807) is 13.8 Å². The van der Waals surface area contributed by atoms with Gasteiger partial charge in [-0.2, -0.15) is 0 Å². The predicted octanol–water partition coefficient (Wildman–Crippen LogP) is 1.17. The van der Waals surface area contributed by atoms with Crippen LogP contribution < -0.4 is 0 Å². The number of carbonyl (C=O) groups is 1. The molecule has 0 amide bonds. The normalized spacial score (nSPS) is 20.0. The molecule has 0 unspecified atom stereocenters. The summed E-state index contributed by atoms with van der Waals surface area (Å²) < 4.78 is 14.9. The van der Waals surface area contributed by atoms with Crippen LogP contribution in [0.4, 0.5) is 0 Å². The zero-order chi connectivity index (χ0) is 9.35. The van der Waals surface area contributed by atoms with Crippen molar-refractivity contribution < 1.29 is 19.0 Å². The summed E-state index contributed by atoms with van der Waals surface area (Å²) in [4.78, 5) is 11.1. The molecule has 0 N–H and O–H groups in total. The first-order valence-electron chi connectivity index (χ1n) is 3.63. The Labute approximate surface area is 71.1 Å². The molecule has 0 aromatic rings. The lowest BCUT2D eigenvalue weighted by Crippen LogP contribution is -2.37. The van der Waals surface area contributed by atoms with E-state index in [2.05, 4.69) is 4.74 Å². The van der Waals surface area contributed by atoms with Crippen LogP contribution >= 0.6 is 0 Å². The summed E-state index contributed by atoms with van der Waals surface area (Å²) in [6.07, 6.45) is 0. The first-order valence-corrected chi connectivity index (χ1v) is 3.63. The molecule has 0 spiro atoms. The van der Waals surface area contributed by atoms with E-state index in [4.69, 9.17) is 9.47 Å². The molecule has 0 radical (unpaired) electrons. The van der Waals surface area contributed by atoms with E-state index in [0.717, 1.165) is 0 Å². The zero-order valence-corrected chi connectivity index (χ0v) is 7.63. The lowest BCUT2D eigenvalue weighted by atomic mass is 10.3. The number of ether oxygens (including phenoxy) is 3. The van der Waals surface area contributed by atoms with Crippen LogP contribution in [0.3, 0.4) is 0 Å². The van der Waals surface area contributed by atoms with Crippen LogP contribution in [0, 0.1) is 0 Å². The number of esters is 1. The van der Waals surface area contributed by atoms with Crippen molar-refractivity contribution in [1.82, 2.24) is 0 Å². The van der Waals surface area contributed by atoms with E-state index in [0.29, 0.717) is 11.5 Å². The third-order valence-corrected chi connectivity index (χ3v) is 1.75. The van der Waals surface area contributed by atoms with Gasteiger partial charge in [-0.1, -0.05) is 0 Å². The van der Waals surface area contributed by atoms with E-state index in [9.17, 15) is 4.79 Å². The molecule has 68 valence electrons. The van der Waals surface area contributed by atoms with Crippen molar-refractivity contribution in [2.45, 2.75) is 26.6 Å². The van der Waals surface area contributed by atoms with Crippen LogP contribution in [0.25, 0.3) is 0 Å². The van der Waals surface area contributed by atoms with E-state index < -0.39 is 11.8 Å². The Bertz CT molecular complexity index is 227. The summed E-state index contributed by atoms with van der Waals surface area (Å²) in [5.41, 5.74) is 0. The number of carbonyl (C=O) groups excluding carboxylic acids is 1. The van der Waals surface area contributed by atoms with Gasteiger partial charge in [0.2, 0.25) is 0 Å². The van der Waals surface area contributed by atoms with Gasteiger partial charge in [0.1, 0.15) is 11.5 Å². The molecule has 1 heterocycles. The smallest absolute Gasteiger partial charge is 0.392 e.